The summed E-state index contributed by atoms with van der Waals surface area (Å²) in [6.45, 7) is 0. The number of carbonyl (C=O) groups excluding carboxylic acids is 1. The van der Waals surface area contributed by atoms with Crippen molar-refractivity contribution in [3.63, 3.8) is 0 Å². The van der Waals surface area contributed by atoms with Crippen LogP contribution in [0.15, 0.2) is 65.9 Å². The van der Waals surface area contributed by atoms with Crippen molar-refractivity contribution >= 4 is 16.7 Å². The van der Waals surface area contributed by atoms with Crippen LogP contribution in [0.5, 0.6) is 0 Å². The van der Waals surface area contributed by atoms with Gasteiger partial charge in [0.2, 0.25) is 5.91 Å². The lowest BCUT2D eigenvalue weighted by atomic mass is 10.0. The molecule has 4 rings (SSSR count). The smallest absolute Gasteiger partial charge is 0.228 e. The van der Waals surface area contributed by atoms with Crippen molar-refractivity contribution in [1.82, 2.24) is 5.32 Å². The Morgan fingerprint density at radius 3 is 2.73 bits per heavy atom. The van der Waals surface area contributed by atoms with E-state index in [1.807, 2.05) is 18.2 Å². The lowest BCUT2D eigenvalue weighted by Crippen LogP contribution is -2.23. The number of fused-ring (bicyclic) bond motifs is 1. The second kappa shape index (κ2) is 5.45. The first kappa shape index (κ1) is 13.3. The Morgan fingerprint density at radius 2 is 1.91 bits per heavy atom. The van der Waals surface area contributed by atoms with Crippen molar-refractivity contribution in [2.24, 2.45) is 5.92 Å². The highest BCUT2D eigenvalue weighted by atomic mass is 16.1. The zero-order chi connectivity index (χ0) is 14.9. The summed E-state index contributed by atoms with van der Waals surface area (Å²) >= 11 is 0. The summed E-state index contributed by atoms with van der Waals surface area (Å²) in [5.41, 5.74) is 3.53. The summed E-state index contributed by atoms with van der Waals surface area (Å²) in [6.07, 6.45) is 8.33. The van der Waals surface area contributed by atoms with Crippen molar-refractivity contribution in [2.45, 2.75) is 25.7 Å². The molecule has 1 amide bonds. The zero-order valence-electron chi connectivity index (χ0n) is 12.5. The third-order valence-electron chi connectivity index (χ3n) is 4.43. The van der Waals surface area contributed by atoms with Crippen LogP contribution in [-0.2, 0) is 11.2 Å². The molecule has 0 heterocycles. The van der Waals surface area contributed by atoms with E-state index < -0.39 is 0 Å². The molecule has 0 radical (unpaired) electrons. The molecule has 0 aliphatic heterocycles. The fraction of sp³-hybridized carbons (Fsp3) is 0.250. The first-order chi connectivity index (χ1) is 10.8. The number of hydrogen-bond donors (Lipinski definition) is 1. The van der Waals surface area contributed by atoms with E-state index >= 15 is 0 Å². The number of benzene rings is 2. The van der Waals surface area contributed by atoms with E-state index in [0.717, 1.165) is 23.6 Å². The van der Waals surface area contributed by atoms with Gasteiger partial charge in [-0.05, 0) is 46.7 Å². The Balaban J connectivity index is 1.41. The third kappa shape index (κ3) is 2.82. The van der Waals surface area contributed by atoms with Gasteiger partial charge < -0.3 is 5.32 Å². The fourth-order valence-electron chi connectivity index (χ4n) is 3.09. The Hall–Kier alpha value is -2.35. The average Bonchev–Trinajstić information content (AvgIpc) is 3.28. The SMILES string of the molecule is O=C(Cc1ccc2ccccc2c1)NC1=CC(C2CC2)=CC1. The molecule has 2 aliphatic rings. The number of hydrogen-bond acceptors (Lipinski definition) is 1. The number of amides is 1. The van der Waals surface area contributed by atoms with Crippen LogP contribution in [-0.4, -0.2) is 5.91 Å². The van der Waals surface area contributed by atoms with Crippen molar-refractivity contribution in [1.29, 1.82) is 0 Å². The van der Waals surface area contributed by atoms with Gasteiger partial charge in [0, 0.05) is 12.1 Å². The molecule has 0 bridgehead atoms. The average molecular weight is 289 g/mol. The molecule has 2 aromatic carbocycles. The van der Waals surface area contributed by atoms with Gasteiger partial charge in [0.05, 0.1) is 6.42 Å². The number of rotatable bonds is 4. The van der Waals surface area contributed by atoms with Crippen LogP contribution in [0.25, 0.3) is 10.8 Å². The highest BCUT2D eigenvalue weighted by Crippen LogP contribution is 2.39. The Labute approximate surface area is 130 Å². The molecule has 1 N–H and O–H groups in total. The van der Waals surface area contributed by atoms with Crippen molar-refractivity contribution in [2.75, 3.05) is 0 Å². The Bertz CT molecular complexity index is 796. The zero-order valence-corrected chi connectivity index (χ0v) is 12.5. The summed E-state index contributed by atoms with van der Waals surface area (Å²) in [7, 11) is 0. The second-order valence-corrected chi connectivity index (χ2v) is 6.26. The maximum atomic E-state index is 12.2. The van der Waals surface area contributed by atoms with Crippen molar-refractivity contribution in [3.8, 4) is 0 Å². The van der Waals surface area contributed by atoms with Crippen LogP contribution in [0, 0.1) is 5.92 Å². The van der Waals surface area contributed by atoms with E-state index in [4.69, 9.17) is 0 Å². The lowest BCUT2D eigenvalue weighted by molar-refractivity contribution is -0.119. The van der Waals surface area contributed by atoms with Gasteiger partial charge in [-0.25, -0.2) is 0 Å². The second-order valence-electron chi connectivity index (χ2n) is 6.26. The highest BCUT2D eigenvalue weighted by Gasteiger charge is 2.26. The van der Waals surface area contributed by atoms with Gasteiger partial charge in [0.15, 0.2) is 0 Å². The summed E-state index contributed by atoms with van der Waals surface area (Å²) in [4.78, 5) is 12.2. The maximum Gasteiger partial charge on any atom is 0.228 e. The van der Waals surface area contributed by atoms with Crippen LogP contribution < -0.4 is 5.32 Å². The predicted molar refractivity (Wildman–Crippen MR) is 89.3 cm³/mol. The van der Waals surface area contributed by atoms with E-state index in [9.17, 15) is 4.79 Å². The van der Waals surface area contributed by atoms with E-state index in [2.05, 4.69) is 41.7 Å². The largest absolute Gasteiger partial charge is 0.329 e. The van der Waals surface area contributed by atoms with Crippen molar-refractivity contribution in [3.05, 3.63) is 71.5 Å². The van der Waals surface area contributed by atoms with E-state index in [0.29, 0.717) is 6.42 Å². The molecule has 1 saturated carbocycles. The van der Waals surface area contributed by atoms with Gasteiger partial charge in [0.1, 0.15) is 0 Å². The van der Waals surface area contributed by atoms with Crippen molar-refractivity contribution < 1.29 is 4.79 Å². The first-order valence-electron chi connectivity index (χ1n) is 7.96. The molecule has 0 unspecified atom stereocenters. The quantitative estimate of drug-likeness (QED) is 0.901. The van der Waals surface area contributed by atoms with Crippen LogP contribution >= 0.6 is 0 Å². The van der Waals surface area contributed by atoms with Gasteiger partial charge in [-0.2, -0.15) is 0 Å². The molecule has 2 heteroatoms. The summed E-state index contributed by atoms with van der Waals surface area (Å²) in [5.74, 6) is 0.835. The molecule has 110 valence electrons. The fourth-order valence-corrected chi connectivity index (χ4v) is 3.09. The minimum absolute atomic E-state index is 0.0759. The molecular formula is C20H19NO. The number of nitrogens with one attached hydrogen (secondary N) is 1. The first-order valence-corrected chi connectivity index (χ1v) is 7.96. The third-order valence-corrected chi connectivity index (χ3v) is 4.43. The molecule has 0 atom stereocenters. The molecule has 0 saturated heterocycles. The minimum Gasteiger partial charge on any atom is -0.329 e. The minimum atomic E-state index is 0.0759. The van der Waals surface area contributed by atoms with Crippen LogP contribution in [0.4, 0.5) is 0 Å². The van der Waals surface area contributed by atoms with E-state index in [-0.39, 0.29) is 5.91 Å². The summed E-state index contributed by atoms with van der Waals surface area (Å²) < 4.78 is 0. The van der Waals surface area contributed by atoms with Crippen LogP contribution in [0.2, 0.25) is 0 Å². The summed E-state index contributed by atoms with van der Waals surface area (Å²) in [5, 5.41) is 5.46. The monoisotopic (exact) mass is 289 g/mol. The maximum absolute atomic E-state index is 12.2. The highest BCUT2D eigenvalue weighted by molar-refractivity contribution is 5.86. The molecule has 2 aromatic rings. The molecule has 1 fully saturated rings. The van der Waals surface area contributed by atoms with E-state index in [1.54, 1.807) is 0 Å². The van der Waals surface area contributed by atoms with Gasteiger partial charge >= 0.3 is 0 Å². The molecule has 22 heavy (non-hydrogen) atoms. The number of allylic oxidation sites excluding steroid dienone is 3. The number of carbonyl (C=O) groups is 1. The lowest BCUT2D eigenvalue weighted by Gasteiger charge is -2.07. The molecule has 0 aromatic heterocycles. The van der Waals surface area contributed by atoms with Gasteiger partial charge in [-0.15, -0.1) is 0 Å². The van der Waals surface area contributed by atoms with Crippen LogP contribution in [0.3, 0.4) is 0 Å². The molecule has 2 aliphatic carbocycles. The predicted octanol–water partition coefficient (Wildman–Crippen LogP) is 4.12. The molecular weight excluding hydrogens is 270 g/mol. The normalized spacial score (nSPS) is 17.3. The standard InChI is InChI=1S/C20H19NO/c22-20(21-19-10-9-18(13-19)16-7-8-16)12-14-5-6-15-3-1-2-4-17(15)11-14/h1-6,9,11,13,16H,7-8,10,12H2,(H,21,22). The Kier molecular flexibility index (Phi) is 3.30. The molecule has 0 spiro atoms. The van der Waals surface area contributed by atoms with Gasteiger partial charge in [0.25, 0.3) is 0 Å². The topological polar surface area (TPSA) is 29.1 Å². The van der Waals surface area contributed by atoms with Gasteiger partial charge in [-0.3, -0.25) is 4.79 Å². The molecule has 2 nitrogen and oxygen atoms in total. The summed E-state index contributed by atoms with van der Waals surface area (Å²) in [6, 6.07) is 14.5. The Morgan fingerprint density at radius 1 is 1.09 bits per heavy atom. The van der Waals surface area contributed by atoms with Crippen LogP contribution in [0.1, 0.15) is 24.8 Å². The van der Waals surface area contributed by atoms with E-state index in [1.165, 1.54) is 29.2 Å². The van der Waals surface area contributed by atoms with Gasteiger partial charge in [-0.1, -0.05) is 48.5 Å².